The van der Waals surface area contributed by atoms with Gasteiger partial charge in [-0.15, -0.1) is 0 Å². The molecule has 6 nitrogen and oxygen atoms in total. The fourth-order valence-corrected chi connectivity index (χ4v) is 10.2. The summed E-state index contributed by atoms with van der Waals surface area (Å²) >= 11 is 3.92. The predicted molar refractivity (Wildman–Crippen MR) is 124 cm³/mol. The molecule has 8 heteroatoms. The third kappa shape index (κ3) is 4.37. The maximum Gasteiger partial charge on any atom is 0.312 e. The Hall–Kier alpha value is -1.41. The number of ether oxygens (including phenoxy) is 1. The van der Waals surface area contributed by atoms with E-state index in [-0.39, 0.29) is 40.4 Å². The number of alkyl halides is 1. The van der Waals surface area contributed by atoms with Crippen LogP contribution in [0.5, 0.6) is 0 Å². The molecule has 1 amide bonds. The van der Waals surface area contributed by atoms with E-state index in [0.29, 0.717) is 24.8 Å². The fourth-order valence-electron chi connectivity index (χ4n) is 6.98. The van der Waals surface area contributed by atoms with Crippen molar-refractivity contribution in [3.05, 3.63) is 35.9 Å². The lowest BCUT2D eigenvalue weighted by Gasteiger charge is -2.58. The van der Waals surface area contributed by atoms with Crippen LogP contribution < -0.4 is 0 Å². The number of hydrogen-bond acceptors (Lipinski definition) is 5. The molecule has 0 spiro atoms. The van der Waals surface area contributed by atoms with E-state index in [1.165, 1.54) is 6.42 Å². The molecule has 5 fully saturated rings. The van der Waals surface area contributed by atoms with Crippen molar-refractivity contribution < 1.29 is 22.7 Å². The van der Waals surface area contributed by atoms with Crippen molar-refractivity contribution in [3.8, 4) is 0 Å². The molecule has 0 N–H and O–H groups in total. The van der Waals surface area contributed by atoms with Gasteiger partial charge in [0.25, 0.3) is 5.91 Å². The first-order valence-corrected chi connectivity index (χ1v) is 14.2. The van der Waals surface area contributed by atoms with Crippen molar-refractivity contribution >= 4 is 37.6 Å². The van der Waals surface area contributed by atoms with Crippen molar-refractivity contribution in [1.82, 2.24) is 4.90 Å². The van der Waals surface area contributed by atoms with Crippen LogP contribution in [0, 0.1) is 17.3 Å². The Morgan fingerprint density at radius 2 is 1.78 bits per heavy atom. The van der Waals surface area contributed by atoms with E-state index in [0.717, 1.165) is 37.7 Å². The minimum atomic E-state index is -3.14. The summed E-state index contributed by atoms with van der Waals surface area (Å²) in [6.07, 6.45) is 6.37. The summed E-state index contributed by atoms with van der Waals surface area (Å²) in [5, 5.41) is 0. The maximum atomic E-state index is 13.2. The number of rotatable bonds is 6. The molecule has 0 aromatic heterocycles. The molecule has 5 aliphatic rings. The normalized spacial score (nSPS) is 36.7. The van der Waals surface area contributed by atoms with Gasteiger partial charge in [0.15, 0.2) is 16.4 Å². The smallest absolute Gasteiger partial charge is 0.312 e. The van der Waals surface area contributed by atoms with Crippen LogP contribution in [0.2, 0.25) is 0 Å². The van der Waals surface area contributed by atoms with Crippen LogP contribution in [0.4, 0.5) is 0 Å². The van der Waals surface area contributed by atoms with Crippen LogP contribution in [-0.4, -0.2) is 53.7 Å². The lowest BCUT2D eigenvalue weighted by Crippen LogP contribution is -2.56. The van der Waals surface area contributed by atoms with E-state index >= 15 is 0 Å². The number of hydrogen-bond donors (Lipinski definition) is 0. The first-order valence-electron chi connectivity index (χ1n) is 11.6. The van der Waals surface area contributed by atoms with Gasteiger partial charge in [0.2, 0.25) is 0 Å². The molecule has 2 unspecified atom stereocenters. The number of benzene rings is 1. The van der Waals surface area contributed by atoms with Gasteiger partial charge in [0, 0.05) is 16.9 Å². The van der Waals surface area contributed by atoms with Crippen molar-refractivity contribution in [3.63, 3.8) is 0 Å². The van der Waals surface area contributed by atoms with Gasteiger partial charge in [0.1, 0.15) is 0 Å². The zero-order valence-corrected chi connectivity index (χ0v) is 20.6. The summed E-state index contributed by atoms with van der Waals surface area (Å²) in [5.74, 6) is 0.605. The second kappa shape index (κ2) is 8.12. The van der Waals surface area contributed by atoms with Crippen molar-refractivity contribution in [1.29, 1.82) is 0 Å². The minimum absolute atomic E-state index is 0.0288. The van der Waals surface area contributed by atoms with Gasteiger partial charge in [-0.3, -0.25) is 9.59 Å². The summed E-state index contributed by atoms with van der Waals surface area (Å²) in [6.45, 7) is -0.00814. The van der Waals surface area contributed by atoms with E-state index in [1.807, 2.05) is 30.3 Å². The Bertz CT molecular complexity index is 996. The highest BCUT2D eigenvalue weighted by Gasteiger charge is 2.60. The highest BCUT2D eigenvalue weighted by atomic mass is 79.9. The second-order valence-electron chi connectivity index (χ2n) is 10.5. The highest BCUT2D eigenvalue weighted by Crippen LogP contribution is 2.64. The Labute approximate surface area is 198 Å². The zero-order chi connectivity index (χ0) is 22.6. The van der Waals surface area contributed by atoms with E-state index < -0.39 is 15.3 Å². The molecular formula is C24H30BrNO5S. The molecule has 4 aliphatic carbocycles. The summed E-state index contributed by atoms with van der Waals surface area (Å²) in [4.78, 5) is 28.0. The Morgan fingerprint density at radius 1 is 1.09 bits per heavy atom. The van der Waals surface area contributed by atoms with Crippen LogP contribution in [-0.2, 0) is 30.7 Å². The first-order chi connectivity index (χ1) is 15.2. The SMILES string of the molecule is O=C(COC(=O)C12C[C@@H]3C[C@@H](CC(Br)(C3)C1)C2)N(Cc1ccccc1)[C@H]1CCS(=O)(=O)C1. The van der Waals surface area contributed by atoms with Crippen LogP contribution in [0.25, 0.3) is 0 Å². The molecule has 4 saturated carbocycles. The number of carbonyl (C=O) groups is 2. The van der Waals surface area contributed by atoms with Crippen LogP contribution >= 0.6 is 15.9 Å². The van der Waals surface area contributed by atoms with Gasteiger partial charge >= 0.3 is 5.97 Å². The molecule has 32 heavy (non-hydrogen) atoms. The number of halogens is 1. The van der Waals surface area contributed by atoms with Crippen LogP contribution in [0.3, 0.4) is 0 Å². The Balaban J connectivity index is 1.28. The summed E-state index contributed by atoms with van der Waals surface area (Å²) in [7, 11) is -3.14. The van der Waals surface area contributed by atoms with Gasteiger partial charge in [-0.2, -0.15) is 0 Å². The molecule has 1 heterocycles. The van der Waals surface area contributed by atoms with Gasteiger partial charge in [0.05, 0.1) is 16.9 Å². The van der Waals surface area contributed by atoms with E-state index in [4.69, 9.17) is 4.74 Å². The van der Waals surface area contributed by atoms with Crippen molar-refractivity contribution in [2.45, 2.75) is 61.9 Å². The molecule has 4 bridgehead atoms. The molecule has 5 atom stereocenters. The summed E-state index contributed by atoms with van der Waals surface area (Å²) < 4.78 is 29.8. The standard InChI is InChI=1S/C24H30BrNO5S/c25-24-11-18-8-19(12-24)10-23(9-18,16-24)22(28)31-14-21(27)26(13-17-4-2-1-3-5-17)20-6-7-32(29,30)15-20/h1-5,18-20H,6-16H2/t18-,19+,20-,23?,24?/m0/s1. The highest BCUT2D eigenvalue weighted by molar-refractivity contribution is 9.10. The van der Waals surface area contributed by atoms with Crippen molar-refractivity contribution in [2.75, 3.05) is 18.1 Å². The zero-order valence-electron chi connectivity index (χ0n) is 18.2. The van der Waals surface area contributed by atoms with E-state index in [9.17, 15) is 18.0 Å². The molecule has 174 valence electrons. The lowest BCUT2D eigenvalue weighted by atomic mass is 9.49. The molecular weight excluding hydrogens is 494 g/mol. The number of esters is 1. The largest absolute Gasteiger partial charge is 0.455 e. The van der Waals surface area contributed by atoms with Crippen molar-refractivity contribution in [2.24, 2.45) is 17.3 Å². The molecule has 1 aliphatic heterocycles. The Morgan fingerprint density at radius 3 is 2.38 bits per heavy atom. The molecule has 6 rings (SSSR count). The average molecular weight is 524 g/mol. The van der Waals surface area contributed by atoms with Gasteiger partial charge in [-0.05, 0) is 62.3 Å². The average Bonchev–Trinajstić information content (AvgIpc) is 3.08. The monoisotopic (exact) mass is 523 g/mol. The summed E-state index contributed by atoms with van der Waals surface area (Å²) in [6, 6.07) is 9.15. The van der Waals surface area contributed by atoms with E-state index in [1.54, 1.807) is 4.90 Å². The maximum absolute atomic E-state index is 13.2. The number of amides is 1. The molecule has 1 saturated heterocycles. The quantitative estimate of drug-likeness (QED) is 0.421. The molecule has 1 aromatic rings. The molecule has 1 aromatic carbocycles. The van der Waals surface area contributed by atoms with E-state index in [2.05, 4.69) is 15.9 Å². The number of nitrogens with zero attached hydrogens (tertiary/aromatic N) is 1. The van der Waals surface area contributed by atoms with Gasteiger partial charge < -0.3 is 9.64 Å². The number of carbonyl (C=O) groups excluding carboxylic acids is 2. The third-order valence-electron chi connectivity index (χ3n) is 7.91. The Kier molecular flexibility index (Phi) is 5.68. The fraction of sp³-hybridized carbons (Fsp3) is 0.667. The topological polar surface area (TPSA) is 80.8 Å². The third-order valence-corrected chi connectivity index (χ3v) is 10.6. The lowest BCUT2D eigenvalue weighted by molar-refractivity contribution is -0.173. The second-order valence-corrected chi connectivity index (χ2v) is 14.4. The first kappa shape index (κ1) is 22.4. The number of sulfone groups is 1. The van der Waals surface area contributed by atoms with Gasteiger partial charge in [-0.25, -0.2) is 8.42 Å². The predicted octanol–water partition coefficient (Wildman–Crippen LogP) is 3.48. The van der Waals surface area contributed by atoms with Gasteiger partial charge in [-0.1, -0.05) is 46.3 Å². The van der Waals surface area contributed by atoms with Crippen LogP contribution in [0.15, 0.2) is 30.3 Å². The van der Waals surface area contributed by atoms with Crippen LogP contribution in [0.1, 0.15) is 50.5 Å². The summed E-state index contributed by atoms with van der Waals surface area (Å²) in [5.41, 5.74) is 0.452. The minimum Gasteiger partial charge on any atom is -0.455 e. The molecule has 0 radical (unpaired) electrons.